The molecule has 0 spiro atoms. The van der Waals surface area contributed by atoms with Crippen molar-refractivity contribution in [2.45, 2.75) is 77.2 Å². The van der Waals surface area contributed by atoms with Crippen molar-refractivity contribution in [3.63, 3.8) is 0 Å². The van der Waals surface area contributed by atoms with Crippen molar-refractivity contribution in [1.82, 2.24) is 0 Å². The molecule has 4 rings (SSSR count). The summed E-state index contributed by atoms with van der Waals surface area (Å²) in [5, 5.41) is 19.1. The average Bonchev–Trinajstić information content (AvgIpc) is 2.95. The highest BCUT2D eigenvalue weighted by Gasteiger charge is 2.52. The van der Waals surface area contributed by atoms with E-state index >= 15 is 0 Å². The van der Waals surface area contributed by atoms with Crippen LogP contribution in [0, 0.1) is 35.0 Å². The first kappa shape index (κ1) is 16.6. The summed E-state index contributed by atoms with van der Waals surface area (Å²) in [4.78, 5) is 10.9. The summed E-state index contributed by atoms with van der Waals surface area (Å²) in [5.74, 6) is 2.63. The van der Waals surface area contributed by atoms with Gasteiger partial charge >= 0.3 is 5.97 Å². The molecule has 2 N–H and O–H groups in total. The average molecular weight is 332 g/mol. The van der Waals surface area contributed by atoms with Crippen LogP contribution in [-0.2, 0) is 4.79 Å². The first-order valence-corrected chi connectivity index (χ1v) is 10.1. The zero-order valence-corrected chi connectivity index (χ0v) is 14.9. The quantitative estimate of drug-likeness (QED) is 0.753. The Morgan fingerprint density at radius 3 is 2.83 bits per heavy atom. The van der Waals surface area contributed by atoms with E-state index in [0.717, 1.165) is 36.5 Å². The van der Waals surface area contributed by atoms with Gasteiger partial charge in [0.25, 0.3) is 0 Å². The molecule has 4 aliphatic carbocycles. The number of carboxylic acids is 1. The summed E-state index contributed by atoms with van der Waals surface area (Å²) in [6.07, 6.45) is 13.2. The van der Waals surface area contributed by atoms with E-state index < -0.39 is 12.1 Å². The van der Waals surface area contributed by atoms with Crippen molar-refractivity contribution < 1.29 is 15.0 Å². The molecule has 0 radical (unpaired) electrons. The lowest BCUT2D eigenvalue weighted by atomic mass is 9.52. The lowest BCUT2D eigenvalue weighted by Gasteiger charge is -2.53. The Hall–Kier alpha value is -0.830. The standard InChI is InChI=1S/C21H32O3/c1-21-9-2-3-18(21)17-7-4-13-11-14(19(22)12-20(23)24)5-6-15(13)16(17)8-10-21/h11,14-19,22H,2-10,12H2,1H3,(H,23,24)/t14-,15-,16+,17+,18-,19?,21-/m0/s1. The van der Waals surface area contributed by atoms with Crippen LogP contribution >= 0.6 is 0 Å². The van der Waals surface area contributed by atoms with Crippen molar-refractivity contribution in [3.8, 4) is 0 Å². The van der Waals surface area contributed by atoms with Crippen LogP contribution in [0.5, 0.6) is 0 Å². The minimum Gasteiger partial charge on any atom is -0.481 e. The Labute approximate surface area is 145 Å². The molecule has 7 atom stereocenters. The molecule has 1 unspecified atom stereocenters. The molecule has 3 saturated carbocycles. The molecular formula is C21H32O3. The minimum absolute atomic E-state index is 0.0595. The van der Waals surface area contributed by atoms with Gasteiger partial charge in [-0.1, -0.05) is 25.0 Å². The second-order valence-electron chi connectivity index (χ2n) is 9.31. The Balaban J connectivity index is 1.50. The molecule has 0 heterocycles. The number of aliphatic hydroxyl groups excluding tert-OH is 1. The smallest absolute Gasteiger partial charge is 0.305 e. The largest absolute Gasteiger partial charge is 0.481 e. The van der Waals surface area contributed by atoms with Crippen molar-refractivity contribution in [2.75, 3.05) is 0 Å². The van der Waals surface area contributed by atoms with Gasteiger partial charge in [-0.05, 0) is 80.5 Å². The normalized spacial score (nSPS) is 45.6. The van der Waals surface area contributed by atoms with Crippen LogP contribution in [0.4, 0.5) is 0 Å². The van der Waals surface area contributed by atoms with Crippen molar-refractivity contribution >= 4 is 5.97 Å². The van der Waals surface area contributed by atoms with E-state index in [1.807, 2.05) is 0 Å². The SMILES string of the molecule is C[C@@]12CCC[C@H]1[C@@H]1CCC3=C[C@@H](C(O)CC(=O)O)CC[C@@H]3[C@H]1CC2. The van der Waals surface area contributed by atoms with E-state index in [2.05, 4.69) is 13.0 Å². The number of allylic oxidation sites excluding steroid dienone is 1. The third-order valence-electron chi connectivity index (χ3n) is 8.15. The highest BCUT2D eigenvalue weighted by molar-refractivity contribution is 5.67. The molecule has 3 nitrogen and oxygen atoms in total. The fraction of sp³-hybridized carbons (Fsp3) is 0.857. The maximum Gasteiger partial charge on any atom is 0.305 e. The number of carbonyl (C=O) groups is 1. The molecule has 0 aromatic rings. The summed E-state index contributed by atoms with van der Waals surface area (Å²) in [5.41, 5.74) is 2.18. The maximum atomic E-state index is 10.9. The molecule has 24 heavy (non-hydrogen) atoms. The molecule has 4 aliphatic rings. The Morgan fingerprint density at radius 1 is 1.21 bits per heavy atom. The molecule has 134 valence electrons. The fourth-order valence-electron chi connectivity index (χ4n) is 6.99. The number of carboxylic acid groups (broad SMARTS) is 1. The van der Waals surface area contributed by atoms with E-state index in [0.29, 0.717) is 5.41 Å². The summed E-state index contributed by atoms with van der Waals surface area (Å²) >= 11 is 0. The number of rotatable bonds is 3. The molecule has 0 saturated heterocycles. The minimum atomic E-state index is -0.889. The summed E-state index contributed by atoms with van der Waals surface area (Å²) < 4.78 is 0. The van der Waals surface area contributed by atoms with Crippen LogP contribution in [0.2, 0.25) is 0 Å². The van der Waals surface area contributed by atoms with Crippen molar-refractivity contribution in [1.29, 1.82) is 0 Å². The third-order valence-corrected chi connectivity index (χ3v) is 8.15. The van der Waals surface area contributed by atoms with Gasteiger partial charge in [0.2, 0.25) is 0 Å². The molecule has 0 aromatic heterocycles. The zero-order valence-electron chi connectivity index (χ0n) is 14.9. The Bertz CT molecular complexity index is 539. The fourth-order valence-corrected chi connectivity index (χ4v) is 6.99. The molecule has 3 fully saturated rings. The van der Waals surface area contributed by atoms with Gasteiger partial charge < -0.3 is 10.2 Å². The van der Waals surface area contributed by atoms with Crippen LogP contribution in [0.1, 0.15) is 71.1 Å². The van der Waals surface area contributed by atoms with Crippen LogP contribution in [0.3, 0.4) is 0 Å². The van der Waals surface area contributed by atoms with E-state index in [4.69, 9.17) is 5.11 Å². The van der Waals surface area contributed by atoms with Gasteiger partial charge in [-0.2, -0.15) is 0 Å². The van der Waals surface area contributed by atoms with Crippen LogP contribution in [0.25, 0.3) is 0 Å². The van der Waals surface area contributed by atoms with Crippen molar-refractivity contribution in [3.05, 3.63) is 11.6 Å². The van der Waals surface area contributed by atoms with E-state index in [1.165, 1.54) is 44.9 Å². The second-order valence-corrected chi connectivity index (χ2v) is 9.31. The molecule has 0 amide bonds. The molecule has 0 aromatic carbocycles. The van der Waals surface area contributed by atoms with Gasteiger partial charge in [0, 0.05) is 5.92 Å². The molecule has 0 aliphatic heterocycles. The predicted molar refractivity (Wildman–Crippen MR) is 93.5 cm³/mol. The van der Waals surface area contributed by atoms with E-state index in [1.54, 1.807) is 5.57 Å². The molecule has 0 bridgehead atoms. The van der Waals surface area contributed by atoms with Gasteiger partial charge in [-0.3, -0.25) is 4.79 Å². The van der Waals surface area contributed by atoms with Crippen LogP contribution in [0.15, 0.2) is 11.6 Å². The van der Waals surface area contributed by atoms with Crippen LogP contribution < -0.4 is 0 Å². The lowest BCUT2D eigenvalue weighted by molar-refractivity contribution is -0.139. The van der Waals surface area contributed by atoms with Crippen LogP contribution in [-0.4, -0.2) is 22.3 Å². The molecule has 3 heteroatoms. The maximum absolute atomic E-state index is 10.9. The van der Waals surface area contributed by atoms with Gasteiger partial charge in [0.1, 0.15) is 0 Å². The second kappa shape index (κ2) is 6.16. The summed E-state index contributed by atoms with van der Waals surface area (Å²) in [6, 6.07) is 0. The van der Waals surface area contributed by atoms with Gasteiger partial charge in [-0.25, -0.2) is 0 Å². The topological polar surface area (TPSA) is 57.5 Å². The summed E-state index contributed by atoms with van der Waals surface area (Å²) in [7, 11) is 0. The first-order chi connectivity index (χ1) is 11.5. The Morgan fingerprint density at radius 2 is 2.04 bits per heavy atom. The number of fused-ring (bicyclic) bond motifs is 5. The number of aliphatic hydroxyl groups is 1. The highest BCUT2D eigenvalue weighted by Crippen LogP contribution is 2.62. The molecular weight excluding hydrogens is 300 g/mol. The Kier molecular flexibility index (Phi) is 4.27. The lowest BCUT2D eigenvalue weighted by Crippen LogP contribution is -2.45. The number of hydrogen-bond donors (Lipinski definition) is 2. The third kappa shape index (κ3) is 2.73. The van der Waals surface area contributed by atoms with Gasteiger partial charge in [-0.15, -0.1) is 0 Å². The number of aliphatic carboxylic acids is 1. The zero-order chi connectivity index (χ0) is 16.9. The van der Waals surface area contributed by atoms with Crippen molar-refractivity contribution in [2.24, 2.45) is 35.0 Å². The number of hydrogen-bond acceptors (Lipinski definition) is 2. The van der Waals surface area contributed by atoms with Gasteiger partial charge in [0.15, 0.2) is 0 Å². The predicted octanol–water partition coefficient (Wildman–Crippen LogP) is 4.40. The highest BCUT2D eigenvalue weighted by atomic mass is 16.4. The summed E-state index contributed by atoms with van der Waals surface area (Å²) in [6.45, 7) is 2.55. The van der Waals surface area contributed by atoms with E-state index in [9.17, 15) is 9.90 Å². The van der Waals surface area contributed by atoms with E-state index in [-0.39, 0.29) is 12.3 Å². The monoisotopic (exact) mass is 332 g/mol. The first-order valence-electron chi connectivity index (χ1n) is 10.1. The van der Waals surface area contributed by atoms with Gasteiger partial charge in [0.05, 0.1) is 12.5 Å².